The fourth-order valence-corrected chi connectivity index (χ4v) is 1.07. The molecule has 0 saturated heterocycles. The molecule has 0 fully saturated rings. The number of aromatic nitrogens is 1. The number of rotatable bonds is 3. The summed E-state index contributed by atoms with van der Waals surface area (Å²) < 4.78 is 6.15. The Hall–Kier alpha value is -1.10. The molecule has 1 unspecified atom stereocenters. The standard InChI is InChI=1S/C8H10BrN3O/c1-5(8(10)11)13-7-2-6(9)3-12-4-7/h2-5H,1H3,(H3,10,11). The van der Waals surface area contributed by atoms with Gasteiger partial charge in [0.25, 0.3) is 0 Å². The van der Waals surface area contributed by atoms with Crippen molar-refractivity contribution in [2.45, 2.75) is 13.0 Å². The van der Waals surface area contributed by atoms with E-state index in [2.05, 4.69) is 20.9 Å². The molecule has 5 heteroatoms. The molecular formula is C8H10BrN3O. The second-order valence-corrected chi connectivity index (χ2v) is 3.47. The molecule has 1 rings (SSSR count). The number of nitrogens with zero attached hydrogens (tertiary/aromatic N) is 1. The summed E-state index contributed by atoms with van der Waals surface area (Å²) in [6.07, 6.45) is 2.81. The van der Waals surface area contributed by atoms with Crippen molar-refractivity contribution in [3.8, 4) is 5.75 Å². The van der Waals surface area contributed by atoms with E-state index in [1.54, 1.807) is 25.4 Å². The van der Waals surface area contributed by atoms with Crippen LogP contribution in [-0.2, 0) is 0 Å². The van der Waals surface area contributed by atoms with Gasteiger partial charge >= 0.3 is 0 Å². The SMILES string of the molecule is CC(Oc1cncc(Br)c1)C(=N)N. The van der Waals surface area contributed by atoms with Crippen molar-refractivity contribution in [3.63, 3.8) is 0 Å². The Morgan fingerprint density at radius 2 is 2.38 bits per heavy atom. The third kappa shape index (κ3) is 3.02. The van der Waals surface area contributed by atoms with Gasteiger partial charge in [-0.15, -0.1) is 0 Å². The quantitative estimate of drug-likeness (QED) is 0.625. The Labute approximate surface area is 84.8 Å². The van der Waals surface area contributed by atoms with Gasteiger partial charge in [-0.1, -0.05) is 0 Å². The highest BCUT2D eigenvalue weighted by Gasteiger charge is 2.06. The predicted molar refractivity (Wildman–Crippen MR) is 53.9 cm³/mol. The normalized spacial score (nSPS) is 12.2. The number of ether oxygens (including phenoxy) is 1. The van der Waals surface area contributed by atoms with E-state index in [-0.39, 0.29) is 5.84 Å². The van der Waals surface area contributed by atoms with Gasteiger partial charge in [-0.3, -0.25) is 10.4 Å². The number of amidine groups is 1. The molecule has 0 aliphatic rings. The van der Waals surface area contributed by atoms with Crippen LogP contribution in [0, 0.1) is 5.41 Å². The minimum Gasteiger partial charge on any atom is -0.481 e. The van der Waals surface area contributed by atoms with Crippen LogP contribution in [0.25, 0.3) is 0 Å². The topological polar surface area (TPSA) is 72.0 Å². The second kappa shape index (κ2) is 4.23. The van der Waals surface area contributed by atoms with Crippen molar-refractivity contribution in [1.29, 1.82) is 5.41 Å². The van der Waals surface area contributed by atoms with Crippen molar-refractivity contribution in [1.82, 2.24) is 4.98 Å². The average molecular weight is 244 g/mol. The lowest BCUT2D eigenvalue weighted by atomic mass is 10.3. The molecule has 1 heterocycles. The van der Waals surface area contributed by atoms with E-state index in [1.165, 1.54) is 0 Å². The van der Waals surface area contributed by atoms with E-state index in [9.17, 15) is 0 Å². The number of hydrogen-bond acceptors (Lipinski definition) is 3. The number of hydrogen-bond donors (Lipinski definition) is 2. The van der Waals surface area contributed by atoms with Crippen molar-refractivity contribution < 1.29 is 4.74 Å². The van der Waals surface area contributed by atoms with Gasteiger partial charge in [-0.25, -0.2) is 0 Å². The van der Waals surface area contributed by atoms with E-state index in [0.717, 1.165) is 4.47 Å². The lowest BCUT2D eigenvalue weighted by Gasteiger charge is -2.12. The number of nitrogens with two attached hydrogens (primary N) is 1. The molecular weight excluding hydrogens is 234 g/mol. The summed E-state index contributed by atoms with van der Waals surface area (Å²) in [6.45, 7) is 1.71. The fraction of sp³-hybridized carbons (Fsp3) is 0.250. The molecule has 0 saturated carbocycles. The first-order valence-electron chi connectivity index (χ1n) is 3.70. The van der Waals surface area contributed by atoms with Crippen LogP contribution in [0.5, 0.6) is 5.75 Å². The van der Waals surface area contributed by atoms with E-state index >= 15 is 0 Å². The van der Waals surface area contributed by atoms with Gasteiger partial charge in [0.15, 0.2) is 6.10 Å². The van der Waals surface area contributed by atoms with Crippen LogP contribution >= 0.6 is 15.9 Å². The summed E-state index contributed by atoms with van der Waals surface area (Å²) in [6, 6.07) is 1.77. The molecule has 0 aliphatic carbocycles. The molecule has 13 heavy (non-hydrogen) atoms. The molecule has 1 atom stereocenters. The van der Waals surface area contributed by atoms with Gasteiger partial charge in [0.05, 0.1) is 6.20 Å². The Bertz CT molecular complexity index is 316. The summed E-state index contributed by atoms with van der Waals surface area (Å²) in [5.74, 6) is 0.594. The van der Waals surface area contributed by atoms with Crippen LogP contribution in [0.2, 0.25) is 0 Å². The zero-order chi connectivity index (χ0) is 9.84. The highest BCUT2D eigenvalue weighted by molar-refractivity contribution is 9.10. The first kappa shape index (κ1) is 9.98. The van der Waals surface area contributed by atoms with Gasteiger partial charge in [0.2, 0.25) is 0 Å². The lowest BCUT2D eigenvalue weighted by molar-refractivity contribution is 0.283. The lowest BCUT2D eigenvalue weighted by Crippen LogP contribution is -2.30. The third-order valence-electron chi connectivity index (χ3n) is 1.43. The van der Waals surface area contributed by atoms with Crippen LogP contribution in [0.15, 0.2) is 22.9 Å². The van der Waals surface area contributed by atoms with E-state index in [1.807, 2.05) is 0 Å². The largest absolute Gasteiger partial charge is 0.481 e. The number of nitrogens with one attached hydrogen (secondary N) is 1. The first-order chi connectivity index (χ1) is 6.09. The molecule has 70 valence electrons. The average Bonchev–Trinajstić information content (AvgIpc) is 2.04. The summed E-state index contributed by atoms with van der Waals surface area (Å²) in [4.78, 5) is 3.91. The molecule has 1 aromatic heterocycles. The zero-order valence-electron chi connectivity index (χ0n) is 7.12. The highest BCUT2D eigenvalue weighted by atomic mass is 79.9. The van der Waals surface area contributed by atoms with Crippen LogP contribution < -0.4 is 10.5 Å². The first-order valence-corrected chi connectivity index (χ1v) is 4.50. The second-order valence-electron chi connectivity index (χ2n) is 2.55. The fourth-order valence-electron chi connectivity index (χ4n) is 0.724. The summed E-state index contributed by atoms with van der Waals surface area (Å²) in [5.41, 5.74) is 5.25. The van der Waals surface area contributed by atoms with Gasteiger partial charge < -0.3 is 10.5 Å². The molecule has 0 amide bonds. The van der Waals surface area contributed by atoms with Crippen LogP contribution in [-0.4, -0.2) is 16.9 Å². The van der Waals surface area contributed by atoms with E-state index in [0.29, 0.717) is 5.75 Å². The number of pyridine rings is 1. The molecule has 0 aromatic carbocycles. The van der Waals surface area contributed by atoms with Gasteiger partial charge in [0.1, 0.15) is 11.6 Å². The van der Waals surface area contributed by atoms with Crippen LogP contribution in [0.1, 0.15) is 6.92 Å². The molecule has 3 N–H and O–H groups in total. The molecule has 0 spiro atoms. The summed E-state index contributed by atoms with van der Waals surface area (Å²) in [7, 11) is 0. The van der Waals surface area contributed by atoms with E-state index < -0.39 is 6.10 Å². The Kier molecular flexibility index (Phi) is 3.25. The maximum absolute atomic E-state index is 7.12. The van der Waals surface area contributed by atoms with E-state index in [4.69, 9.17) is 15.9 Å². The Morgan fingerprint density at radius 3 is 2.92 bits per heavy atom. The monoisotopic (exact) mass is 243 g/mol. The van der Waals surface area contributed by atoms with Gasteiger partial charge in [-0.2, -0.15) is 0 Å². The highest BCUT2D eigenvalue weighted by Crippen LogP contribution is 2.16. The Morgan fingerprint density at radius 1 is 1.69 bits per heavy atom. The minimum atomic E-state index is -0.420. The van der Waals surface area contributed by atoms with Crippen LogP contribution in [0.3, 0.4) is 0 Å². The molecule has 0 radical (unpaired) electrons. The smallest absolute Gasteiger partial charge is 0.152 e. The van der Waals surface area contributed by atoms with Crippen molar-refractivity contribution >= 4 is 21.8 Å². The maximum atomic E-state index is 7.12. The van der Waals surface area contributed by atoms with Gasteiger partial charge in [0, 0.05) is 10.7 Å². The summed E-state index contributed by atoms with van der Waals surface area (Å²) >= 11 is 3.26. The minimum absolute atomic E-state index is 0.0000227. The van der Waals surface area contributed by atoms with Crippen LogP contribution in [0.4, 0.5) is 0 Å². The van der Waals surface area contributed by atoms with Gasteiger partial charge in [-0.05, 0) is 28.9 Å². The zero-order valence-corrected chi connectivity index (χ0v) is 8.71. The Balaban J connectivity index is 2.69. The molecule has 1 aromatic rings. The van der Waals surface area contributed by atoms with Crippen molar-refractivity contribution in [2.24, 2.45) is 5.73 Å². The van der Waals surface area contributed by atoms with Crippen molar-refractivity contribution in [3.05, 3.63) is 22.9 Å². The molecule has 4 nitrogen and oxygen atoms in total. The number of halogens is 1. The third-order valence-corrected chi connectivity index (χ3v) is 1.86. The molecule has 0 bridgehead atoms. The molecule has 0 aliphatic heterocycles. The summed E-state index contributed by atoms with van der Waals surface area (Å²) in [5, 5.41) is 7.12. The predicted octanol–water partition coefficient (Wildman–Crippen LogP) is 1.55. The van der Waals surface area contributed by atoms with Crippen molar-refractivity contribution in [2.75, 3.05) is 0 Å². The maximum Gasteiger partial charge on any atom is 0.152 e.